The second-order valence-electron chi connectivity index (χ2n) is 3.81. The maximum atomic E-state index is 11.6. The minimum absolute atomic E-state index is 0.00663. The number of carboxylic acid groups (broad SMARTS) is 1. The first-order valence-electron chi connectivity index (χ1n) is 5.54. The molecule has 3 radical (unpaired) electrons. The van der Waals surface area contributed by atoms with Crippen molar-refractivity contribution in [2.75, 3.05) is 0 Å². The molecule has 0 bridgehead atoms. The minimum Gasteiger partial charge on any atom is -0.513 e. The van der Waals surface area contributed by atoms with Gasteiger partial charge in [0.05, 0.1) is 11.1 Å². The highest BCUT2D eigenvalue weighted by Crippen LogP contribution is 2.22. The Hall–Kier alpha value is -2.14. The van der Waals surface area contributed by atoms with Crippen molar-refractivity contribution < 1.29 is 19.1 Å². The number of hydrogen-bond donors (Lipinski definition) is 1. The number of aromatic carboxylic acids is 1. The summed E-state index contributed by atoms with van der Waals surface area (Å²) in [6, 6.07) is 3.14. The van der Waals surface area contributed by atoms with Crippen LogP contribution < -0.4 is 0 Å². The Morgan fingerprint density at radius 2 is 1.89 bits per heavy atom. The Morgan fingerprint density at radius 3 is 2.37 bits per heavy atom. The molecule has 4 nitrogen and oxygen atoms in total. The van der Waals surface area contributed by atoms with E-state index in [9.17, 15) is 14.7 Å². The van der Waals surface area contributed by atoms with Gasteiger partial charge in [-0.25, -0.2) is 9.59 Å². The molecule has 97 valence electrons. The van der Waals surface area contributed by atoms with E-state index < -0.39 is 11.9 Å². The highest BCUT2D eigenvalue weighted by atomic mass is 28.2. The smallest absolute Gasteiger partial charge is 0.345 e. The third-order valence-corrected chi connectivity index (χ3v) is 2.83. The van der Waals surface area contributed by atoms with Crippen LogP contribution in [0.2, 0.25) is 0 Å². The van der Waals surface area contributed by atoms with E-state index in [0.29, 0.717) is 18.4 Å². The van der Waals surface area contributed by atoms with Gasteiger partial charge in [-0.2, -0.15) is 0 Å². The van der Waals surface area contributed by atoms with Crippen LogP contribution in [-0.2, 0) is 17.3 Å². The van der Waals surface area contributed by atoms with Crippen LogP contribution in [0.4, 0.5) is 0 Å². The molecule has 0 aromatic heterocycles. The molecule has 0 heterocycles. The van der Waals surface area contributed by atoms with Gasteiger partial charge in [0.25, 0.3) is 0 Å². The van der Waals surface area contributed by atoms with Crippen molar-refractivity contribution in [2.45, 2.75) is 12.8 Å². The zero-order valence-electron chi connectivity index (χ0n) is 10.3. The summed E-state index contributed by atoms with van der Waals surface area (Å²) in [5, 5.41) is 9.33. The van der Waals surface area contributed by atoms with E-state index in [2.05, 4.69) is 28.1 Å². The highest BCUT2D eigenvalue weighted by molar-refractivity contribution is 6.12. The molecular weight excluding hydrogens is 260 g/mol. The fraction of sp³-hybridized carbons (Fsp3) is 0.143. The van der Waals surface area contributed by atoms with Crippen molar-refractivity contribution in [1.29, 1.82) is 0 Å². The molecule has 1 rings (SSSR count). The van der Waals surface area contributed by atoms with E-state index >= 15 is 0 Å². The van der Waals surface area contributed by atoms with Crippen molar-refractivity contribution >= 4 is 22.4 Å². The summed E-state index contributed by atoms with van der Waals surface area (Å²) in [7, 11) is 2.62. The lowest BCUT2D eigenvalue weighted by molar-refractivity contribution is 0.0671. The molecule has 0 aliphatic heterocycles. The molecule has 0 spiro atoms. The first-order valence-corrected chi connectivity index (χ1v) is 5.95. The first kappa shape index (κ1) is 14.9. The lowest BCUT2D eigenvalue weighted by Gasteiger charge is -2.13. The highest BCUT2D eigenvalue weighted by Gasteiger charge is 2.22. The Morgan fingerprint density at radius 1 is 1.26 bits per heavy atom. The Labute approximate surface area is 114 Å². The number of allylic oxidation sites excluding steroid dienone is 2. The maximum absolute atomic E-state index is 11.6. The Kier molecular flexibility index (Phi) is 5.26. The topological polar surface area (TPSA) is 63.6 Å². The fourth-order valence-corrected chi connectivity index (χ4v) is 1.99. The van der Waals surface area contributed by atoms with Gasteiger partial charge in [-0.15, -0.1) is 13.2 Å². The molecular formula is C14H13O4Si. The van der Waals surface area contributed by atoms with Gasteiger partial charge in [-0.05, 0) is 30.0 Å². The average Bonchev–Trinajstić information content (AvgIpc) is 2.39. The predicted octanol–water partition coefficient (Wildman–Crippen LogP) is 2.08. The van der Waals surface area contributed by atoms with Gasteiger partial charge in [0.1, 0.15) is 0 Å². The molecule has 0 amide bonds. The molecule has 0 saturated heterocycles. The van der Waals surface area contributed by atoms with Gasteiger partial charge in [-0.3, -0.25) is 0 Å². The van der Waals surface area contributed by atoms with Crippen LogP contribution in [0.5, 0.6) is 0 Å². The molecule has 0 saturated carbocycles. The first-order chi connectivity index (χ1) is 9.06. The number of rotatable bonds is 6. The fourth-order valence-electron chi connectivity index (χ4n) is 1.88. The standard InChI is InChI=1S/C14H13O4Si/c1-3-5-9-7-8-11(14(17)18-19)12(13(15)16)10(9)6-4-2/h3-4,7-8H,1-2,5-6H2,(H,15,16). The van der Waals surface area contributed by atoms with Crippen LogP contribution in [0, 0.1) is 0 Å². The Bertz CT molecular complexity index is 534. The number of hydrogen-bond acceptors (Lipinski definition) is 3. The Balaban J connectivity index is 3.56. The normalized spacial score (nSPS) is 9.74. The molecule has 1 N–H and O–H groups in total. The monoisotopic (exact) mass is 273 g/mol. The SMILES string of the molecule is C=CCc1ccc(C(=O)O[Si])c(C(=O)O)c1CC=C. The van der Waals surface area contributed by atoms with Crippen LogP contribution in [0.15, 0.2) is 37.4 Å². The third-order valence-electron chi connectivity index (χ3n) is 2.65. The lowest BCUT2D eigenvalue weighted by atomic mass is 9.92. The summed E-state index contributed by atoms with van der Waals surface area (Å²) < 4.78 is 4.42. The van der Waals surface area contributed by atoms with Crippen molar-refractivity contribution in [3.8, 4) is 0 Å². The van der Waals surface area contributed by atoms with E-state index in [1.54, 1.807) is 18.2 Å². The van der Waals surface area contributed by atoms with Crippen LogP contribution in [-0.4, -0.2) is 27.5 Å². The summed E-state index contributed by atoms with van der Waals surface area (Å²) in [5.74, 6) is -1.92. The van der Waals surface area contributed by atoms with E-state index in [-0.39, 0.29) is 11.1 Å². The van der Waals surface area contributed by atoms with Gasteiger partial charge in [0, 0.05) is 0 Å². The van der Waals surface area contributed by atoms with E-state index in [1.807, 2.05) is 0 Å². The van der Waals surface area contributed by atoms with E-state index in [1.165, 1.54) is 6.07 Å². The van der Waals surface area contributed by atoms with E-state index in [4.69, 9.17) is 0 Å². The molecule has 0 unspecified atom stereocenters. The summed E-state index contributed by atoms with van der Waals surface area (Å²) in [5.41, 5.74) is 1.31. The summed E-state index contributed by atoms with van der Waals surface area (Å²) in [6.07, 6.45) is 4.15. The number of carboxylic acids is 1. The molecule has 5 heteroatoms. The molecule has 0 fully saturated rings. The molecule has 0 aliphatic carbocycles. The van der Waals surface area contributed by atoms with E-state index in [0.717, 1.165) is 5.56 Å². The van der Waals surface area contributed by atoms with Gasteiger partial charge < -0.3 is 9.53 Å². The second kappa shape index (κ2) is 6.70. The van der Waals surface area contributed by atoms with Gasteiger partial charge in [-0.1, -0.05) is 18.2 Å². The van der Waals surface area contributed by atoms with Crippen molar-refractivity contribution in [2.24, 2.45) is 0 Å². The molecule has 19 heavy (non-hydrogen) atoms. The van der Waals surface area contributed by atoms with Crippen molar-refractivity contribution in [1.82, 2.24) is 0 Å². The molecule has 0 atom stereocenters. The van der Waals surface area contributed by atoms with Crippen LogP contribution in [0.25, 0.3) is 0 Å². The summed E-state index contributed by atoms with van der Waals surface area (Å²) in [4.78, 5) is 23.0. The van der Waals surface area contributed by atoms with Crippen molar-refractivity contribution in [3.05, 3.63) is 59.7 Å². The second-order valence-corrected chi connectivity index (χ2v) is 4.01. The summed E-state index contributed by atoms with van der Waals surface area (Å²) in [6.45, 7) is 7.24. The maximum Gasteiger partial charge on any atom is 0.345 e. The predicted molar refractivity (Wildman–Crippen MR) is 72.4 cm³/mol. The quantitative estimate of drug-likeness (QED) is 0.636. The van der Waals surface area contributed by atoms with Crippen LogP contribution in [0.1, 0.15) is 31.8 Å². The number of carbonyl (C=O) groups excluding carboxylic acids is 1. The number of carbonyl (C=O) groups is 2. The van der Waals surface area contributed by atoms with Crippen molar-refractivity contribution in [3.63, 3.8) is 0 Å². The zero-order chi connectivity index (χ0) is 14.4. The van der Waals surface area contributed by atoms with Gasteiger partial charge >= 0.3 is 22.4 Å². The molecule has 0 aliphatic rings. The number of benzene rings is 1. The van der Waals surface area contributed by atoms with Gasteiger partial charge in [0.2, 0.25) is 0 Å². The average molecular weight is 273 g/mol. The van der Waals surface area contributed by atoms with Gasteiger partial charge in [0.15, 0.2) is 0 Å². The largest absolute Gasteiger partial charge is 0.513 e. The van der Waals surface area contributed by atoms with Crippen LogP contribution in [0.3, 0.4) is 0 Å². The third kappa shape index (κ3) is 3.20. The lowest BCUT2D eigenvalue weighted by Crippen LogP contribution is -2.15. The zero-order valence-corrected chi connectivity index (χ0v) is 11.3. The summed E-state index contributed by atoms with van der Waals surface area (Å²) >= 11 is 0. The minimum atomic E-state index is -1.17. The molecule has 1 aromatic carbocycles. The van der Waals surface area contributed by atoms with Crippen LogP contribution >= 0.6 is 0 Å². The molecule has 1 aromatic rings.